The molecule has 0 radical (unpaired) electrons. The molecular weight excluding hydrogens is 238 g/mol. The summed E-state index contributed by atoms with van der Waals surface area (Å²) in [5.41, 5.74) is 1.31. The number of aliphatic hydroxyl groups is 1. The van der Waals surface area contributed by atoms with Gasteiger partial charge in [-0.3, -0.25) is 4.90 Å². The summed E-state index contributed by atoms with van der Waals surface area (Å²) in [7, 11) is 2.12. The monoisotopic (exact) mass is 261 g/mol. The average Bonchev–Trinajstić information content (AvgIpc) is 2.81. The smallest absolute Gasteiger partial charge is 0.123 e. The Labute approximate surface area is 115 Å². The van der Waals surface area contributed by atoms with E-state index in [2.05, 4.69) is 24.1 Å². The first kappa shape index (κ1) is 12.9. The minimum Gasteiger partial charge on any atom is -0.488 e. The average molecular weight is 261 g/mol. The van der Waals surface area contributed by atoms with Crippen molar-refractivity contribution in [2.45, 2.75) is 50.4 Å². The molecule has 1 heterocycles. The second-order valence-corrected chi connectivity index (χ2v) is 5.91. The summed E-state index contributed by atoms with van der Waals surface area (Å²) in [6.45, 7) is 0.899. The second-order valence-electron chi connectivity index (χ2n) is 5.91. The highest BCUT2D eigenvalue weighted by Crippen LogP contribution is 2.29. The van der Waals surface area contributed by atoms with Crippen LogP contribution in [0.1, 0.15) is 31.2 Å². The highest BCUT2D eigenvalue weighted by atomic mass is 16.5. The summed E-state index contributed by atoms with van der Waals surface area (Å²) in [6, 6.07) is 8.59. The predicted octanol–water partition coefficient (Wildman–Crippen LogP) is 2.23. The molecule has 2 aliphatic rings. The quantitative estimate of drug-likeness (QED) is 0.905. The van der Waals surface area contributed by atoms with Crippen LogP contribution in [-0.2, 0) is 6.42 Å². The maximum Gasteiger partial charge on any atom is 0.123 e. The summed E-state index contributed by atoms with van der Waals surface area (Å²) in [6.07, 6.45) is 5.51. The minimum absolute atomic E-state index is 0.164. The van der Waals surface area contributed by atoms with Gasteiger partial charge < -0.3 is 9.84 Å². The molecule has 1 N–H and O–H groups in total. The SMILES string of the molecule is CN(CC1Cc2ccccc2O1)C1CCCCC1O. The molecule has 0 amide bonds. The first-order valence-electron chi connectivity index (χ1n) is 7.37. The van der Waals surface area contributed by atoms with Crippen LogP contribution in [0.3, 0.4) is 0 Å². The van der Waals surface area contributed by atoms with Gasteiger partial charge >= 0.3 is 0 Å². The Morgan fingerprint density at radius 3 is 2.84 bits per heavy atom. The Morgan fingerprint density at radius 1 is 1.26 bits per heavy atom. The molecule has 0 aromatic heterocycles. The van der Waals surface area contributed by atoms with Gasteiger partial charge in [0.2, 0.25) is 0 Å². The Morgan fingerprint density at radius 2 is 2.05 bits per heavy atom. The van der Waals surface area contributed by atoms with Crippen molar-refractivity contribution < 1.29 is 9.84 Å². The number of hydrogen-bond donors (Lipinski definition) is 1. The molecule has 1 saturated carbocycles. The highest BCUT2D eigenvalue weighted by molar-refractivity contribution is 5.37. The molecule has 1 fully saturated rings. The van der Waals surface area contributed by atoms with Gasteiger partial charge in [-0.05, 0) is 31.5 Å². The maximum atomic E-state index is 10.1. The number of ether oxygens (including phenoxy) is 1. The second kappa shape index (κ2) is 5.51. The van der Waals surface area contributed by atoms with Crippen LogP contribution in [0, 0.1) is 0 Å². The van der Waals surface area contributed by atoms with E-state index in [1.807, 2.05) is 12.1 Å². The van der Waals surface area contributed by atoms with Crippen molar-refractivity contribution in [3.63, 3.8) is 0 Å². The van der Waals surface area contributed by atoms with Crippen molar-refractivity contribution in [2.75, 3.05) is 13.6 Å². The highest BCUT2D eigenvalue weighted by Gasteiger charge is 2.30. The van der Waals surface area contributed by atoms with Crippen molar-refractivity contribution >= 4 is 0 Å². The number of para-hydroxylation sites is 1. The van der Waals surface area contributed by atoms with Crippen molar-refractivity contribution in [3.05, 3.63) is 29.8 Å². The van der Waals surface area contributed by atoms with E-state index in [1.165, 1.54) is 12.0 Å². The van der Waals surface area contributed by atoms with Gasteiger partial charge in [-0.1, -0.05) is 31.0 Å². The van der Waals surface area contributed by atoms with Crippen LogP contribution in [0.25, 0.3) is 0 Å². The van der Waals surface area contributed by atoms with E-state index in [-0.39, 0.29) is 12.2 Å². The molecule has 3 rings (SSSR count). The number of fused-ring (bicyclic) bond motifs is 1. The van der Waals surface area contributed by atoms with Crippen LogP contribution in [-0.4, -0.2) is 41.8 Å². The van der Waals surface area contributed by atoms with E-state index in [1.54, 1.807) is 0 Å². The van der Waals surface area contributed by atoms with Gasteiger partial charge in [0.1, 0.15) is 11.9 Å². The van der Waals surface area contributed by atoms with E-state index in [9.17, 15) is 5.11 Å². The minimum atomic E-state index is -0.164. The molecular formula is C16H23NO2. The lowest BCUT2D eigenvalue weighted by molar-refractivity contribution is 0.0182. The first-order chi connectivity index (χ1) is 9.24. The van der Waals surface area contributed by atoms with Crippen LogP contribution in [0.4, 0.5) is 0 Å². The summed E-state index contributed by atoms with van der Waals surface area (Å²) in [5, 5.41) is 10.1. The standard InChI is InChI=1S/C16H23NO2/c1-17(14-7-3-4-8-15(14)18)11-13-10-12-6-2-5-9-16(12)19-13/h2,5-6,9,13-15,18H,3-4,7-8,10-11H2,1H3. The Hall–Kier alpha value is -1.06. The van der Waals surface area contributed by atoms with E-state index in [4.69, 9.17) is 4.74 Å². The molecule has 3 nitrogen and oxygen atoms in total. The number of hydrogen-bond acceptors (Lipinski definition) is 3. The fourth-order valence-electron chi connectivity index (χ4n) is 3.42. The molecule has 0 spiro atoms. The lowest BCUT2D eigenvalue weighted by Gasteiger charge is -2.36. The van der Waals surface area contributed by atoms with Crippen molar-refractivity contribution in [1.82, 2.24) is 4.90 Å². The zero-order valence-electron chi connectivity index (χ0n) is 11.6. The van der Waals surface area contributed by atoms with Gasteiger partial charge in [-0.15, -0.1) is 0 Å². The molecule has 0 bridgehead atoms. The Bertz CT molecular complexity index is 410. The van der Waals surface area contributed by atoms with Crippen LogP contribution < -0.4 is 4.74 Å². The number of benzene rings is 1. The predicted molar refractivity (Wildman–Crippen MR) is 75.5 cm³/mol. The number of likely N-dealkylation sites (N-methyl/N-ethyl adjacent to an activating group) is 1. The van der Waals surface area contributed by atoms with Crippen LogP contribution in [0.5, 0.6) is 5.75 Å². The molecule has 1 aliphatic carbocycles. The third-order valence-electron chi connectivity index (χ3n) is 4.47. The van der Waals surface area contributed by atoms with Gasteiger partial charge in [0, 0.05) is 19.0 Å². The molecule has 1 aromatic rings. The summed E-state index contributed by atoms with van der Waals surface area (Å²) in [4.78, 5) is 2.29. The van der Waals surface area contributed by atoms with E-state index < -0.39 is 0 Å². The van der Waals surface area contributed by atoms with E-state index in [0.717, 1.165) is 38.0 Å². The zero-order chi connectivity index (χ0) is 13.2. The van der Waals surface area contributed by atoms with Crippen molar-refractivity contribution in [2.24, 2.45) is 0 Å². The van der Waals surface area contributed by atoms with Crippen LogP contribution in [0.2, 0.25) is 0 Å². The molecule has 104 valence electrons. The molecule has 3 unspecified atom stereocenters. The molecule has 3 heteroatoms. The fraction of sp³-hybridized carbons (Fsp3) is 0.625. The molecule has 1 aromatic carbocycles. The van der Waals surface area contributed by atoms with Gasteiger partial charge in [0.15, 0.2) is 0 Å². The molecule has 1 aliphatic heterocycles. The summed E-state index contributed by atoms with van der Waals surface area (Å²) >= 11 is 0. The van der Waals surface area contributed by atoms with Crippen LogP contribution in [0.15, 0.2) is 24.3 Å². The number of aliphatic hydroxyl groups excluding tert-OH is 1. The van der Waals surface area contributed by atoms with Gasteiger partial charge in [-0.25, -0.2) is 0 Å². The molecule has 0 saturated heterocycles. The largest absolute Gasteiger partial charge is 0.488 e. The number of rotatable bonds is 3. The summed E-state index contributed by atoms with van der Waals surface area (Å²) in [5.74, 6) is 1.03. The Balaban J connectivity index is 1.58. The third kappa shape index (κ3) is 2.77. The van der Waals surface area contributed by atoms with Crippen molar-refractivity contribution in [3.8, 4) is 5.75 Å². The summed E-state index contributed by atoms with van der Waals surface area (Å²) < 4.78 is 5.98. The van der Waals surface area contributed by atoms with Gasteiger partial charge in [-0.2, -0.15) is 0 Å². The normalized spacial score (nSPS) is 30.2. The molecule has 19 heavy (non-hydrogen) atoms. The van der Waals surface area contributed by atoms with Gasteiger partial charge in [0.05, 0.1) is 6.10 Å². The first-order valence-corrected chi connectivity index (χ1v) is 7.37. The van der Waals surface area contributed by atoms with E-state index >= 15 is 0 Å². The van der Waals surface area contributed by atoms with Crippen LogP contribution >= 0.6 is 0 Å². The fourth-order valence-corrected chi connectivity index (χ4v) is 3.42. The third-order valence-corrected chi connectivity index (χ3v) is 4.47. The number of nitrogens with zero attached hydrogens (tertiary/aromatic N) is 1. The van der Waals surface area contributed by atoms with E-state index in [0.29, 0.717) is 6.04 Å². The Kier molecular flexibility index (Phi) is 3.76. The van der Waals surface area contributed by atoms with Crippen molar-refractivity contribution in [1.29, 1.82) is 0 Å². The topological polar surface area (TPSA) is 32.7 Å². The van der Waals surface area contributed by atoms with Gasteiger partial charge in [0.25, 0.3) is 0 Å². The zero-order valence-corrected chi connectivity index (χ0v) is 11.6. The maximum absolute atomic E-state index is 10.1. The molecule has 3 atom stereocenters. The lowest BCUT2D eigenvalue weighted by Crippen LogP contribution is -2.46. The lowest BCUT2D eigenvalue weighted by atomic mass is 9.91.